The van der Waals surface area contributed by atoms with Crippen LogP contribution >= 0.6 is 11.5 Å². The Kier molecular flexibility index (Phi) is 3.50. The Morgan fingerprint density at radius 2 is 2.31 bits per heavy atom. The highest BCUT2D eigenvalue weighted by atomic mass is 32.1. The lowest BCUT2D eigenvalue weighted by Crippen LogP contribution is -2.18. The van der Waals surface area contributed by atoms with Crippen LogP contribution in [0.5, 0.6) is 0 Å². The molecule has 0 saturated carbocycles. The van der Waals surface area contributed by atoms with Crippen LogP contribution in [0, 0.1) is 0 Å². The minimum Gasteiger partial charge on any atom is -0.313 e. The maximum absolute atomic E-state index is 11.3. The first-order valence-electron chi connectivity index (χ1n) is 4.16. The summed E-state index contributed by atoms with van der Waals surface area (Å²) in [4.78, 5) is 15.5. The van der Waals surface area contributed by atoms with Crippen molar-refractivity contribution in [2.75, 3.05) is 13.6 Å². The number of aromatic nitrogens is 2. The van der Waals surface area contributed by atoms with E-state index in [2.05, 4.69) is 14.7 Å². The van der Waals surface area contributed by atoms with Crippen molar-refractivity contribution in [3.8, 4) is 0 Å². The molecule has 0 amide bonds. The van der Waals surface area contributed by atoms with E-state index in [0.717, 1.165) is 5.82 Å². The summed E-state index contributed by atoms with van der Waals surface area (Å²) in [6.45, 7) is 4.34. The molecule has 0 aliphatic heterocycles. The van der Waals surface area contributed by atoms with Crippen LogP contribution in [0.2, 0.25) is 0 Å². The van der Waals surface area contributed by atoms with E-state index in [-0.39, 0.29) is 11.7 Å². The predicted molar refractivity (Wildman–Crippen MR) is 52.3 cm³/mol. The lowest BCUT2D eigenvalue weighted by Gasteiger charge is -1.95. The average Bonchev–Trinajstić information content (AvgIpc) is 2.52. The van der Waals surface area contributed by atoms with Crippen molar-refractivity contribution in [3.63, 3.8) is 0 Å². The maximum atomic E-state index is 11.3. The van der Waals surface area contributed by atoms with Crippen LogP contribution < -0.4 is 5.32 Å². The van der Waals surface area contributed by atoms with E-state index in [1.807, 2.05) is 13.8 Å². The van der Waals surface area contributed by atoms with E-state index in [1.165, 1.54) is 11.5 Å². The van der Waals surface area contributed by atoms with E-state index in [9.17, 15) is 4.79 Å². The quantitative estimate of drug-likeness (QED) is 0.737. The third-order valence-electron chi connectivity index (χ3n) is 1.53. The number of carbonyl (C=O) groups is 1. The second-order valence-corrected chi connectivity index (χ2v) is 3.82. The van der Waals surface area contributed by atoms with E-state index >= 15 is 0 Å². The Morgan fingerprint density at radius 1 is 1.62 bits per heavy atom. The summed E-state index contributed by atoms with van der Waals surface area (Å²) < 4.78 is 4.10. The number of nitrogens with one attached hydrogen (secondary N) is 1. The zero-order valence-electron chi connectivity index (χ0n) is 8.00. The fourth-order valence-corrected chi connectivity index (χ4v) is 1.56. The smallest absolute Gasteiger partial charge is 0.206 e. The first-order chi connectivity index (χ1) is 6.15. The van der Waals surface area contributed by atoms with Gasteiger partial charge in [0.25, 0.3) is 0 Å². The van der Waals surface area contributed by atoms with Crippen LogP contribution in [0.15, 0.2) is 0 Å². The van der Waals surface area contributed by atoms with Gasteiger partial charge >= 0.3 is 0 Å². The molecule has 0 aliphatic carbocycles. The van der Waals surface area contributed by atoms with Gasteiger partial charge < -0.3 is 5.32 Å². The largest absolute Gasteiger partial charge is 0.313 e. The minimum absolute atomic E-state index is 0.00639. The van der Waals surface area contributed by atoms with E-state index in [0.29, 0.717) is 11.6 Å². The van der Waals surface area contributed by atoms with Gasteiger partial charge in [-0.1, -0.05) is 13.8 Å². The molecule has 0 saturated heterocycles. The van der Waals surface area contributed by atoms with Crippen LogP contribution in [0.25, 0.3) is 0 Å². The van der Waals surface area contributed by atoms with Crippen molar-refractivity contribution < 1.29 is 4.79 Å². The number of Topliss-reactive ketones (excluding diaryl/α,β-unsaturated/α-hetero) is 1. The average molecular weight is 199 g/mol. The van der Waals surface area contributed by atoms with Crippen LogP contribution in [-0.2, 0) is 0 Å². The fraction of sp³-hybridized carbons (Fsp3) is 0.625. The van der Waals surface area contributed by atoms with Gasteiger partial charge in [0.15, 0.2) is 5.01 Å². The van der Waals surface area contributed by atoms with Crippen molar-refractivity contribution in [2.45, 2.75) is 19.8 Å². The van der Waals surface area contributed by atoms with Gasteiger partial charge in [0, 0.05) is 5.92 Å². The van der Waals surface area contributed by atoms with Gasteiger partial charge in [0.1, 0.15) is 5.82 Å². The van der Waals surface area contributed by atoms with Crippen molar-refractivity contribution in [1.82, 2.24) is 14.7 Å². The Labute approximate surface area is 81.6 Å². The molecule has 4 nitrogen and oxygen atoms in total. The maximum Gasteiger partial charge on any atom is 0.206 e. The molecule has 1 aromatic rings. The molecule has 1 N–H and O–H groups in total. The Morgan fingerprint density at radius 3 is 2.77 bits per heavy atom. The van der Waals surface area contributed by atoms with Crippen LogP contribution in [-0.4, -0.2) is 28.7 Å². The van der Waals surface area contributed by atoms with Crippen molar-refractivity contribution in [2.24, 2.45) is 0 Å². The molecule has 72 valence electrons. The fourth-order valence-electron chi connectivity index (χ4n) is 0.819. The number of hydrogen-bond acceptors (Lipinski definition) is 5. The van der Waals surface area contributed by atoms with Gasteiger partial charge in [-0.3, -0.25) is 4.79 Å². The van der Waals surface area contributed by atoms with Crippen LogP contribution in [0.3, 0.4) is 0 Å². The molecule has 13 heavy (non-hydrogen) atoms. The summed E-state index contributed by atoms with van der Waals surface area (Å²) in [5.41, 5.74) is 0. The van der Waals surface area contributed by atoms with Gasteiger partial charge in [0.2, 0.25) is 5.78 Å². The number of ketones is 1. The van der Waals surface area contributed by atoms with Gasteiger partial charge in [-0.2, -0.15) is 4.37 Å². The van der Waals surface area contributed by atoms with Gasteiger partial charge in [-0.15, -0.1) is 0 Å². The molecule has 0 unspecified atom stereocenters. The first kappa shape index (κ1) is 10.3. The topological polar surface area (TPSA) is 54.9 Å². The SMILES string of the molecule is CNCC(=O)c1nc(C(C)C)ns1. The van der Waals surface area contributed by atoms with Crippen molar-refractivity contribution in [1.29, 1.82) is 0 Å². The molecule has 0 radical (unpaired) electrons. The van der Waals surface area contributed by atoms with Gasteiger partial charge in [0.05, 0.1) is 6.54 Å². The molecule has 1 aromatic heterocycles. The van der Waals surface area contributed by atoms with Gasteiger partial charge in [-0.05, 0) is 18.6 Å². The number of rotatable bonds is 4. The molecule has 0 spiro atoms. The molecule has 0 bridgehead atoms. The zero-order valence-corrected chi connectivity index (χ0v) is 8.81. The summed E-state index contributed by atoms with van der Waals surface area (Å²) in [7, 11) is 1.74. The monoisotopic (exact) mass is 199 g/mol. The highest BCUT2D eigenvalue weighted by molar-refractivity contribution is 7.07. The number of hydrogen-bond donors (Lipinski definition) is 1. The lowest BCUT2D eigenvalue weighted by atomic mass is 10.2. The van der Waals surface area contributed by atoms with Crippen molar-refractivity contribution in [3.05, 3.63) is 10.8 Å². The molecule has 1 heterocycles. The normalized spacial score (nSPS) is 10.8. The second-order valence-electron chi connectivity index (χ2n) is 3.07. The highest BCUT2D eigenvalue weighted by Gasteiger charge is 2.12. The minimum atomic E-state index is 0.00639. The van der Waals surface area contributed by atoms with Crippen LogP contribution in [0.1, 0.15) is 35.4 Å². The van der Waals surface area contributed by atoms with E-state index in [4.69, 9.17) is 0 Å². The van der Waals surface area contributed by atoms with Gasteiger partial charge in [-0.25, -0.2) is 4.98 Å². The zero-order chi connectivity index (χ0) is 9.84. The molecule has 0 atom stereocenters. The Bertz CT molecular complexity index is 295. The summed E-state index contributed by atoms with van der Waals surface area (Å²) in [5.74, 6) is 1.05. The predicted octanol–water partition coefficient (Wildman–Crippen LogP) is 1.06. The standard InChI is InChI=1S/C8H13N3OS/c1-5(2)7-10-8(13-11-7)6(12)4-9-3/h5,9H,4H2,1-3H3. The van der Waals surface area contributed by atoms with Crippen LogP contribution in [0.4, 0.5) is 0 Å². The number of nitrogens with zero attached hydrogens (tertiary/aromatic N) is 2. The summed E-state index contributed by atoms with van der Waals surface area (Å²) in [5, 5.41) is 3.29. The second kappa shape index (κ2) is 4.43. The number of likely N-dealkylation sites (N-methyl/N-ethyl adjacent to an activating group) is 1. The third kappa shape index (κ3) is 2.57. The number of carbonyl (C=O) groups excluding carboxylic acids is 1. The Balaban J connectivity index is 2.73. The van der Waals surface area contributed by atoms with Crippen molar-refractivity contribution >= 4 is 17.3 Å². The van der Waals surface area contributed by atoms with E-state index < -0.39 is 0 Å². The first-order valence-corrected chi connectivity index (χ1v) is 4.94. The molecule has 0 aromatic carbocycles. The Hall–Kier alpha value is -0.810. The summed E-state index contributed by atoms with van der Waals surface area (Å²) in [6.07, 6.45) is 0. The summed E-state index contributed by atoms with van der Waals surface area (Å²) in [6, 6.07) is 0. The summed E-state index contributed by atoms with van der Waals surface area (Å²) >= 11 is 1.18. The molecule has 0 fully saturated rings. The molecule has 5 heteroatoms. The lowest BCUT2D eigenvalue weighted by molar-refractivity contribution is 0.0993. The molecular formula is C8H13N3OS. The molecule has 1 rings (SSSR count). The highest BCUT2D eigenvalue weighted by Crippen LogP contribution is 2.13. The third-order valence-corrected chi connectivity index (χ3v) is 2.30. The van der Waals surface area contributed by atoms with E-state index in [1.54, 1.807) is 7.05 Å². The molecular weight excluding hydrogens is 186 g/mol. The molecule has 0 aliphatic rings.